The average molecular weight is 413 g/mol. The maximum Gasteiger partial charge on any atom is 0.274 e. The first-order valence-corrected chi connectivity index (χ1v) is 10.1. The lowest BCUT2D eigenvalue weighted by molar-refractivity contribution is 0.0941. The van der Waals surface area contributed by atoms with Crippen LogP contribution in [0.25, 0.3) is 10.8 Å². The number of hydrogen-bond acceptors (Lipinski definition) is 4. The van der Waals surface area contributed by atoms with Crippen LogP contribution in [0.2, 0.25) is 0 Å². The molecule has 0 saturated heterocycles. The molecule has 1 heterocycles. The summed E-state index contributed by atoms with van der Waals surface area (Å²) >= 11 is 0. The lowest BCUT2D eigenvalue weighted by Gasteiger charge is -2.12. The van der Waals surface area contributed by atoms with E-state index in [-0.39, 0.29) is 17.2 Å². The molecule has 0 spiro atoms. The zero-order valence-electron chi connectivity index (χ0n) is 17.2. The van der Waals surface area contributed by atoms with Crippen LogP contribution in [0.4, 0.5) is 0 Å². The highest BCUT2D eigenvalue weighted by atomic mass is 16.5. The monoisotopic (exact) mass is 413 g/mol. The van der Waals surface area contributed by atoms with Gasteiger partial charge in [-0.05, 0) is 36.2 Å². The highest BCUT2D eigenvalue weighted by molar-refractivity contribution is 6.04. The van der Waals surface area contributed by atoms with Gasteiger partial charge in [0.2, 0.25) is 0 Å². The van der Waals surface area contributed by atoms with Crippen molar-refractivity contribution >= 4 is 16.7 Å². The number of fused-ring (bicyclic) bond motifs is 1. The minimum absolute atomic E-state index is 0.223. The molecule has 1 amide bonds. The first-order valence-electron chi connectivity index (χ1n) is 10.1. The minimum atomic E-state index is -0.342. The maximum atomic E-state index is 12.9. The fourth-order valence-electron chi connectivity index (χ4n) is 3.39. The molecule has 6 heteroatoms. The number of carbonyl (C=O) groups is 1. The molecule has 0 fully saturated rings. The van der Waals surface area contributed by atoms with Crippen LogP contribution < -0.4 is 15.6 Å². The third kappa shape index (κ3) is 4.80. The average Bonchev–Trinajstić information content (AvgIpc) is 2.79. The summed E-state index contributed by atoms with van der Waals surface area (Å²) < 4.78 is 7.04. The van der Waals surface area contributed by atoms with Gasteiger partial charge >= 0.3 is 0 Å². The summed E-state index contributed by atoms with van der Waals surface area (Å²) in [5.74, 6) is 0.417. The van der Waals surface area contributed by atoms with E-state index in [1.54, 1.807) is 24.3 Å². The van der Waals surface area contributed by atoms with E-state index in [9.17, 15) is 9.59 Å². The van der Waals surface area contributed by atoms with Crippen molar-refractivity contribution in [3.63, 3.8) is 0 Å². The van der Waals surface area contributed by atoms with E-state index in [1.807, 2.05) is 61.5 Å². The first-order chi connectivity index (χ1) is 15.1. The minimum Gasteiger partial charge on any atom is -0.492 e. The van der Waals surface area contributed by atoms with Gasteiger partial charge in [-0.3, -0.25) is 9.59 Å². The molecule has 0 aliphatic carbocycles. The van der Waals surface area contributed by atoms with Crippen molar-refractivity contribution < 1.29 is 9.53 Å². The molecule has 4 rings (SSSR count). The van der Waals surface area contributed by atoms with Gasteiger partial charge in [0.25, 0.3) is 11.5 Å². The Balaban J connectivity index is 1.53. The van der Waals surface area contributed by atoms with Crippen LogP contribution in [0.3, 0.4) is 0 Å². The number of amides is 1. The number of benzene rings is 3. The van der Waals surface area contributed by atoms with Crippen molar-refractivity contribution in [2.24, 2.45) is 0 Å². The van der Waals surface area contributed by atoms with Crippen LogP contribution in [0.1, 0.15) is 21.6 Å². The molecule has 31 heavy (non-hydrogen) atoms. The summed E-state index contributed by atoms with van der Waals surface area (Å²) in [4.78, 5) is 25.8. The molecule has 0 unspecified atom stereocenters. The Bertz CT molecular complexity index is 1270. The number of nitrogens with one attached hydrogen (secondary N) is 1. The third-order valence-corrected chi connectivity index (χ3v) is 4.90. The second-order valence-corrected chi connectivity index (χ2v) is 7.26. The van der Waals surface area contributed by atoms with Gasteiger partial charge in [0, 0.05) is 5.39 Å². The van der Waals surface area contributed by atoms with Crippen LogP contribution in [-0.2, 0) is 6.54 Å². The highest BCUT2D eigenvalue weighted by Crippen LogP contribution is 2.14. The van der Waals surface area contributed by atoms with Gasteiger partial charge in [0.05, 0.1) is 18.5 Å². The lowest BCUT2D eigenvalue weighted by Crippen LogP contribution is -2.33. The van der Waals surface area contributed by atoms with Gasteiger partial charge in [0.15, 0.2) is 5.69 Å². The van der Waals surface area contributed by atoms with Crippen LogP contribution in [0.15, 0.2) is 83.7 Å². The number of aryl methyl sites for hydroxylation is 1. The van der Waals surface area contributed by atoms with Crippen molar-refractivity contribution in [1.82, 2.24) is 15.1 Å². The molecule has 0 radical (unpaired) electrons. The molecule has 1 N–H and O–H groups in total. The fourth-order valence-corrected chi connectivity index (χ4v) is 3.39. The van der Waals surface area contributed by atoms with Gasteiger partial charge in [0.1, 0.15) is 12.4 Å². The molecule has 3 aromatic carbocycles. The fraction of sp³-hybridized carbons (Fsp3) is 0.160. The Morgan fingerprint density at radius 1 is 0.968 bits per heavy atom. The zero-order chi connectivity index (χ0) is 21.6. The van der Waals surface area contributed by atoms with E-state index in [0.717, 1.165) is 16.9 Å². The molecule has 0 bridgehead atoms. The predicted octanol–water partition coefficient (Wildman–Crippen LogP) is 3.56. The molecule has 156 valence electrons. The van der Waals surface area contributed by atoms with E-state index in [4.69, 9.17) is 4.74 Å². The molecule has 0 atom stereocenters. The third-order valence-electron chi connectivity index (χ3n) is 4.90. The molecular formula is C25H23N3O3. The molecule has 4 aromatic rings. The SMILES string of the molecule is Cc1cccc(OCCNC(=O)c2nn(Cc3ccccc3)c(=O)c3ccccc23)c1. The van der Waals surface area contributed by atoms with Crippen molar-refractivity contribution in [3.8, 4) is 5.75 Å². The smallest absolute Gasteiger partial charge is 0.274 e. The predicted molar refractivity (Wildman–Crippen MR) is 121 cm³/mol. The standard InChI is InChI=1S/C25H23N3O3/c1-18-8-7-11-20(16-18)31-15-14-26-24(29)23-21-12-5-6-13-22(21)25(30)28(27-23)17-19-9-3-2-4-10-19/h2-13,16H,14-15,17H2,1H3,(H,26,29). The van der Waals surface area contributed by atoms with E-state index >= 15 is 0 Å². The summed E-state index contributed by atoms with van der Waals surface area (Å²) in [5, 5.41) is 8.24. The van der Waals surface area contributed by atoms with Crippen molar-refractivity contribution in [2.45, 2.75) is 13.5 Å². The molecule has 0 aliphatic rings. The Kier molecular flexibility index (Phi) is 6.08. The van der Waals surface area contributed by atoms with E-state index in [0.29, 0.717) is 30.5 Å². The quantitative estimate of drug-likeness (QED) is 0.470. The van der Waals surface area contributed by atoms with E-state index < -0.39 is 0 Å². The maximum absolute atomic E-state index is 12.9. The van der Waals surface area contributed by atoms with Gasteiger partial charge < -0.3 is 10.1 Å². The van der Waals surface area contributed by atoms with Gasteiger partial charge in [-0.15, -0.1) is 0 Å². The second-order valence-electron chi connectivity index (χ2n) is 7.26. The van der Waals surface area contributed by atoms with Crippen LogP contribution in [-0.4, -0.2) is 28.8 Å². The number of rotatable bonds is 7. The van der Waals surface area contributed by atoms with Gasteiger partial charge in [-0.25, -0.2) is 4.68 Å². The van der Waals surface area contributed by atoms with E-state index in [1.165, 1.54) is 4.68 Å². The Morgan fingerprint density at radius 2 is 1.71 bits per heavy atom. The van der Waals surface area contributed by atoms with Crippen LogP contribution in [0.5, 0.6) is 5.75 Å². The molecule has 0 aliphatic heterocycles. The Morgan fingerprint density at radius 3 is 2.48 bits per heavy atom. The number of nitrogens with zero attached hydrogens (tertiary/aromatic N) is 2. The number of hydrogen-bond donors (Lipinski definition) is 1. The van der Waals surface area contributed by atoms with Crippen molar-refractivity contribution in [2.75, 3.05) is 13.2 Å². The van der Waals surface area contributed by atoms with E-state index in [2.05, 4.69) is 10.4 Å². The largest absolute Gasteiger partial charge is 0.492 e. The molecular weight excluding hydrogens is 390 g/mol. The summed E-state index contributed by atoms with van der Waals surface area (Å²) in [7, 11) is 0. The van der Waals surface area contributed by atoms with Gasteiger partial charge in [-0.1, -0.05) is 60.7 Å². The summed E-state index contributed by atoms with van der Waals surface area (Å²) in [6.07, 6.45) is 0. The van der Waals surface area contributed by atoms with Crippen molar-refractivity contribution in [1.29, 1.82) is 0 Å². The topological polar surface area (TPSA) is 73.2 Å². The Hall–Kier alpha value is -3.93. The normalized spacial score (nSPS) is 10.7. The zero-order valence-corrected chi connectivity index (χ0v) is 17.2. The van der Waals surface area contributed by atoms with Crippen molar-refractivity contribution in [3.05, 3.63) is 106 Å². The number of carbonyl (C=O) groups excluding carboxylic acids is 1. The summed E-state index contributed by atoms with van der Waals surface area (Å²) in [6, 6.07) is 24.4. The molecule has 6 nitrogen and oxygen atoms in total. The second kappa shape index (κ2) is 9.26. The van der Waals surface area contributed by atoms with Crippen LogP contribution >= 0.6 is 0 Å². The lowest BCUT2D eigenvalue weighted by atomic mass is 10.1. The van der Waals surface area contributed by atoms with Gasteiger partial charge in [-0.2, -0.15) is 5.10 Å². The summed E-state index contributed by atoms with van der Waals surface area (Å²) in [6.45, 7) is 2.94. The summed E-state index contributed by atoms with van der Waals surface area (Å²) in [5.41, 5.74) is 2.05. The first kappa shape index (κ1) is 20.3. The highest BCUT2D eigenvalue weighted by Gasteiger charge is 2.16. The van der Waals surface area contributed by atoms with Crippen LogP contribution in [0, 0.1) is 6.92 Å². The number of ether oxygens (including phenoxy) is 1. The molecule has 1 aromatic heterocycles. The molecule has 0 saturated carbocycles. The number of aromatic nitrogens is 2. The Labute approximate surface area is 180 Å².